The average Bonchev–Trinajstić information content (AvgIpc) is 2.00. The molecule has 0 aromatic carbocycles. The molecule has 0 aromatic rings. The molecule has 0 spiro atoms. The second kappa shape index (κ2) is 4.31. The Morgan fingerprint density at radius 2 is 1.82 bits per heavy atom. The van der Waals surface area contributed by atoms with Gasteiger partial charge in [0.1, 0.15) is 0 Å². The van der Waals surface area contributed by atoms with Crippen LogP contribution in [0.1, 0.15) is 13.8 Å². The summed E-state index contributed by atoms with van der Waals surface area (Å²) in [5.74, 6) is -0.673. The molecule has 0 saturated carbocycles. The minimum atomic E-state index is -1.32. The summed E-state index contributed by atoms with van der Waals surface area (Å²) in [5.41, 5.74) is 0. The first-order valence-corrected chi connectivity index (χ1v) is 3.58. The number of aliphatic hydroxyl groups excluding tert-OH is 2. The standard InChI is InChI=1S/C7H15NO3/c1-4(2)5(9)6(10)7(11)8-3/h4-6,9-10H,1-3H3,(H,8,11)/t5-,6-/m0/s1. The van der Waals surface area contributed by atoms with Gasteiger partial charge in [0.05, 0.1) is 6.10 Å². The van der Waals surface area contributed by atoms with E-state index in [0.717, 1.165) is 0 Å². The van der Waals surface area contributed by atoms with Gasteiger partial charge in [0.2, 0.25) is 0 Å². The van der Waals surface area contributed by atoms with Crippen LogP contribution in [0.5, 0.6) is 0 Å². The maximum Gasteiger partial charge on any atom is 0.251 e. The van der Waals surface area contributed by atoms with Crippen LogP contribution in [0.4, 0.5) is 0 Å². The number of likely N-dealkylation sites (N-methyl/N-ethyl adjacent to an activating group) is 1. The van der Waals surface area contributed by atoms with Crippen LogP contribution in [0.25, 0.3) is 0 Å². The van der Waals surface area contributed by atoms with Gasteiger partial charge in [0, 0.05) is 7.05 Å². The number of carbonyl (C=O) groups excluding carboxylic acids is 1. The van der Waals surface area contributed by atoms with Gasteiger partial charge in [-0.1, -0.05) is 13.8 Å². The van der Waals surface area contributed by atoms with Crippen molar-refractivity contribution in [2.75, 3.05) is 7.05 Å². The fourth-order valence-electron chi connectivity index (χ4n) is 0.668. The van der Waals surface area contributed by atoms with Crippen LogP contribution in [-0.4, -0.2) is 35.4 Å². The molecule has 0 aliphatic carbocycles. The number of nitrogens with one attached hydrogen (secondary N) is 1. The van der Waals surface area contributed by atoms with Gasteiger partial charge in [-0.2, -0.15) is 0 Å². The molecule has 3 N–H and O–H groups in total. The quantitative estimate of drug-likeness (QED) is 0.503. The van der Waals surface area contributed by atoms with Crippen LogP contribution < -0.4 is 5.32 Å². The molecule has 0 fully saturated rings. The number of carbonyl (C=O) groups is 1. The molecule has 0 saturated heterocycles. The fraction of sp³-hybridized carbons (Fsp3) is 0.857. The van der Waals surface area contributed by atoms with E-state index in [-0.39, 0.29) is 5.92 Å². The van der Waals surface area contributed by atoms with Gasteiger partial charge in [0.25, 0.3) is 5.91 Å². The summed E-state index contributed by atoms with van der Waals surface area (Å²) >= 11 is 0. The third-order valence-electron chi connectivity index (χ3n) is 1.52. The molecule has 0 aliphatic heterocycles. The van der Waals surface area contributed by atoms with Gasteiger partial charge in [-0.15, -0.1) is 0 Å². The Morgan fingerprint density at radius 1 is 1.36 bits per heavy atom. The molecule has 0 aliphatic rings. The molecule has 4 heteroatoms. The first-order chi connectivity index (χ1) is 5.00. The number of rotatable bonds is 3. The van der Waals surface area contributed by atoms with E-state index >= 15 is 0 Å². The molecule has 1 amide bonds. The van der Waals surface area contributed by atoms with Crippen molar-refractivity contribution in [2.45, 2.75) is 26.1 Å². The van der Waals surface area contributed by atoms with E-state index < -0.39 is 18.1 Å². The molecule has 0 unspecified atom stereocenters. The summed E-state index contributed by atoms with van der Waals surface area (Å²) < 4.78 is 0. The fourth-order valence-corrected chi connectivity index (χ4v) is 0.668. The number of hydrogen-bond acceptors (Lipinski definition) is 3. The molecular formula is C7H15NO3. The van der Waals surface area contributed by atoms with Crippen molar-refractivity contribution in [1.82, 2.24) is 5.32 Å². The molecule has 66 valence electrons. The van der Waals surface area contributed by atoms with E-state index in [1.807, 2.05) is 0 Å². The van der Waals surface area contributed by atoms with E-state index in [2.05, 4.69) is 5.32 Å². The van der Waals surface area contributed by atoms with Crippen molar-refractivity contribution in [2.24, 2.45) is 5.92 Å². The van der Waals surface area contributed by atoms with E-state index in [1.165, 1.54) is 7.05 Å². The van der Waals surface area contributed by atoms with Crippen LogP contribution >= 0.6 is 0 Å². The zero-order chi connectivity index (χ0) is 9.02. The van der Waals surface area contributed by atoms with Gasteiger partial charge in [-0.05, 0) is 5.92 Å². The molecule has 11 heavy (non-hydrogen) atoms. The highest BCUT2D eigenvalue weighted by Crippen LogP contribution is 2.05. The minimum absolute atomic E-state index is 0.123. The topological polar surface area (TPSA) is 69.6 Å². The molecule has 0 aromatic heterocycles. The smallest absolute Gasteiger partial charge is 0.251 e. The van der Waals surface area contributed by atoms with Crippen molar-refractivity contribution >= 4 is 5.91 Å². The molecule has 0 heterocycles. The van der Waals surface area contributed by atoms with Gasteiger partial charge in [-0.25, -0.2) is 0 Å². The Kier molecular flexibility index (Phi) is 4.07. The lowest BCUT2D eigenvalue weighted by molar-refractivity contribution is -0.136. The first kappa shape index (κ1) is 10.4. The lowest BCUT2D eigenvalue weighted by Crippen LogP contribution is -2.42. The van der Waals surface area contributed by atoms with Crippen molar-refractivity contribution in [1.29, 1.82) is 0 Å². The first-order valence-electron chi connectivity index (χ1n) is 3.58. The zero-order valence-electron chi connectivity index (χ0n) is 7.03. The Balaban J connectivity index is 4.01. The number of hydrogen-bond donors (Lipinski definition) is 3. The molecule has 0 radical (unpaired) electrons. The highest BCUT2D eigenvalue weighted by Gasteiger charge is 2.25. The molecular weight excluding hydrogens is 146 g/mol. The minimum Gasteiger partial charge on any atom is -0.390 e. The monoisotopic (exact) mass is 161 g/mol. The summed E-state index contributed by atoms with van der Waals surface area (Å²) in [6.07, 6.45) is -2.31. The average molecular weight is 161 g/mol. The van der Waals surface area contributed by atoms with E-state index in [1.54, 1.807) is 13.8 Å². The second-order valence-electron chi connectivity index (χ2n) is 2.79. The lowest BCUT2D eigenvalue weighted by Gasteiger charge is -2.19. The van der Waals surface area contributed by atoms with Crippen LogP contribution in [0, 0.1) is 5.92 Å². The third kappa shape index (κ3) is 2.86. The van der Waals surface area contributed by atoms with E-state index in [9.17, 15) is 9.90 Å². The van der Waals surface area contributed by atoms with Crippen molar-refractivity contribution in [3.8, 4) is 0 Å². The summed E-state index contributed by atoms with van der Waals surface area (Å²) in [5, 5.41) is 20.5. The van der Waals surface area contributed by atoms with Crippen LogP contribution in [0.15, 0.2) is 0 Å². The number of amides is 1. The predicted molar refractivity (Wildman–Crippen MR) is 40.9 cm³/mol. The summed E-state index contributed by atoms with van der Waals surface area (Å²) in [6, 6.07) is 0. The lowest BCUT2D eigenvalue weighted by atomic mass is 10.0. The Bertz CT molecular complexity index is 136. The predicted octanol–water partition coefficient (Wildman–Crippen LogP) is -0.890. The van der Waals surface area contributed by atoms with Crippen molar-refractivity contribution < 1.29 is 15.0 Å². The van der Waals surface area contributed by atoms with Gasteiger partial charge in [0.15, 0.2) is 6.10 Å². The Labute approximate surface area is 66.2 Å². The maximum atomic E-state index is 10.7. The van der Waals surface area contributed by atoms with E-state index in [0.29, 0.717) is 0 Å². The number of aliphatic hydroxyl groups is 2. The molecule has 2 atom stereocenters. The highest BCUT2D eigenvalue weighted by atomic mass is 16.3. The maximum absolute atomic E-state index is 10.7. The van der Waals surface area contributed by atoms with Gasteiger partial charge >= 0.3 is 0 Å². The largest absolute Gasteiger partial charge is 0.390 e. The van der Waals surface area contributed by atoms with E-state index in [4.69, 9.17) is 5.11 Å². The zero-order valence-corrected chi connectivity index (χ0v) is 7.03. The van der Waals surface area contributed by atoms with Crippen molar-refractivity contribution in [3.05, 3.63) is 0 Å². The Hall–Kier alpha value is -0.610. The Morgan fingerprint density at radius 3 is 2.09 bits per heavy atom. The second-order valence-corrected chi connectivity index (χ2v) is 2.79. The van der Waals surface area contributed by atoms with Crippen LogP contribution in [0.2, 0.25) is 0 Å². The third-order valence-corrected chi connectivity index (χ3v) is 1.52. The molecule has 4 nitrogen and oxygen atoms in total. The summed E-state index contributed by atoms with van der Waals surface area (Å²) in [7, 11) is 1.42. The van der Waals surface area contributed by atoms with Gasteiger partial charge < -0.3 is 15.5 Å². The normalized spacial score (nSPS) is 16.2. The van der Waals surface area contributed by atoms with Crippen molar-refractivity contribution in [3.63, 3.8) is 0 Å². The summed E-state index contributed by atoms with van der Waals surface area (Å²) in [4.78, 5) is 10.7. The van der Waals surface area contributed by atoms with Crippen LogP contribution in [0.3, 0.4) is 0 Å². The molecule has 0 bridgehead atoms. The molecule has 0 rings (SSSR count). The summed E-state index contributed by atoms with van der Waals surface area (Å²) in [6.45, 7) is 3.47. The van der Waals surface area contributed by atoms with Gasteiger partial charge in [-0.3, -0.25) is 4.79 Å². The van der Waals surface area contributed by atoms with Crippen LogP contribution in [-0.2, 0) is 4.79 Å². The SMILES string of the molecule is CNC(=O)[C@@H](O)[C@@H](O)C(C)C. The highest BCUT2D eigenvalue weighted by molar-refractivity contribution is 5.80.